The predicted molar refractivity (Wildman–Crippen MR) is 105 cm³/mol. The van der Waals surface area contributed by atoms with Crippen LogP contribution in [0.15, 0.2) is 47.5 Å². The van der Waals surface area contributed by atoms with E-state index in [0.717, 1.165) is 44.8 Å². The number of pyridine rings is 2. The van der Waals surface area contributed by atoms with Gasteiger partial charge in [-0.05, 0) is 31.0 Å². The number of carbonyl (C=O) groups excluding carboxylic acids is 1. The van der Waals surface area contributed by atoms with Crippen molar-refractivity contribution in [3.63, 3.8) is 0 Å². The third-order valence-corrected chi connectivity index (χ3v) is 4.90. The molecule has 0 bridgehead atoms. The van der Waals surface area contributed by atoms with Gasteiger partial charge in [-0.1, -0.05) is 12.1 Å². The van der Waals surface area contributed by atoms with Gasteiger partial charge in [0, 0.05) is 64.3 Å². The number of aromatic nitrogens is 2. The van der Waals surface area contributed by atoms with Crippen molar-refractivity contribution < 1.29 is 4.79 Å². The normalized spacial score (nSPS) is 14.9. The Labute approximate surface area is 159 Å². The van der Waals surface area contributed by atoms with Crippen LogP contribution in [0.4, 0.5) is 4.79 Å². The highest BCUT2D eigenvalue weighted by atomic mass is 16.2. The minimum atomic E-state index is -0.0240. The Hall–Kier alpha value is -2.67. The molecular weight excluding hydrogens is 342 g/mol. The Morgan fingerprint density at radius 2 is 1.96 bits per heavy atom. The molecule has 0 unspecified atom stereocenters. The molecule has 1 aliphatic rings. The Balaban J connectivity index is 1.36. The average molecular weight is 369 g/mol. The van der Waals surface area contributed by atoms with E-state index >= 15 is 0 Å². The van der Waals surface area contributed by atoms with E-state index in [-0.39, 0.29) is 11.6 Å². The van der Waals surface area contributed by atoms with E-state index in [9.17, 15) is 9.59 Å². The SMILES string of the molecule is Cc1cccnc1CN1CCN(C(=O)NCCCn2ccccc2=O)CC1. The second kappa shape index (κ2) is 9.32. The van der Waals surface area contributed by atoms with Crippen LogP contribution < -0.4 is 10.9 Å². The molecule has 1 fully saturated rings. The maximum Gasteiger partial charge on any atom is 0.317 e. The van der Waals surface area contributed by atoms with Crippen molar-refractivity contribution in [1.29, 1.82) is 0 Å². The lowest BCUT2D eigenvalue weighted by atomic mass is 10.2. The summed E-state index contributed by atoms with van der Waals surface area (Å²) in [6, 6.07) is 9.13. The van der Waals surface area contributed by atoms with Crippen molar-refractivity contribution in [3.05, 3.63) is 64.3 Å². The van der Waals surface area contributed by atoms with Crippen LogP contribution in [0.1, 0.15) is 17.7 Å². The highest BCUT2D eigenvalue weighted by molar-refractivity contribution is 5.74. The van der Waals surface area contributed by atoms with Gasteiger partial charge < -0.3 is 14.8 Å². The van der Waals surface area contributed by atoms with E-state index in [0.29, 0.717) is 13.1 Å². The third kappa shape index (κ3) is 5.40. The number of aryl methyl sites for hydroxylation is 2. The van der Waals surface area contributed by atoms with Crippen molar-refractivity contribution in [2.24, 2.45) is 0 Å². The lowest BCUT2D eigenvalue weighted by Gasteiger charge is -2.34. The van der Waals surface area contributed by atoms with E-state index in [1.54, 1.807) is 22.9 Å². The van der Waals surface area contributed by atoms with E-state index in [2.05, 4.69) is 28.2 Å². The van der Waals surface area contributed by atoms with Crippen LogP contribution >= 0.6 is 0 Å². The summed E-state index contributed by atoms with van der Waals surface area (Å²) in [7, 11) is 0. The van der Waals surface area contributed by atoms with Gasteiger partial charge in [-0.15, -0.1) is 0 Å². The maximum atomic E-state index is 12.3. The number of hydrogen-bond acceptors (Lipinski definition) is 4. The molecule has 0 aromatic carbocycles. The van der Waals surface area contributed by atoms with Crippen molar-refractivity contribution in [3.8, 4) is 0 Å². The zero-order valence-electron chi connectivity index (χ0n) is 15.8. The van der Waals surface area contributed by atoms with Gasteiger partial charge in [-0.25, -0.2) is 4.79 Å². The van der Waals surface area contributed by atoms with Crippen molar-refractivity contribution in [2.45, 2.75) is 26.4 Å². The standard InChI is InChI=1S/C20H27N5O2/c1-17-6-4-8-21-18(17)16-23-12-14-25(15-13-23)20(27)22-9-5-11-24-10-3-2-7-19(24)26/h2-4,6-8,10H,5,9,11-16H2,1H3,(H,22,27). The van der Waals surface area contributed by atoms with Crippen molar-refractivity contribution >= 4 is 6.03 Å². The molecule has 1 N–H and O–H groups in total. The van der Waals surface area contributed by atoms with Crippen molar-refractivity contribution in [2.75, 3.05) is 32.7 Å². The van der Waals surface area contributed by atoms with Gasteiger partial charge >= 0.3 is 6.03 Å². The molecule has 3 heterocycles. The Morgan fingerprint density at radius 1 is 1.15 bits per heavy atom. The highest BCUT2D eigenvalue weighted by Gasteiger charge is 2.21. The third-order valence-electron chi connectivity index (χ3n) is 4.90. The molecule has 1 saturated heterocycles. The Kier molecular flexibility index (Phi) is 6.59. The number of carbonyl (C=O) groups is 1. The molecule has 0 radical (unpaired) electrons. The number of urea groups is 1. The van der Waals surface area contributed by atoms with Gasteiger partial charge in [-0.2, -0.15) is 0 Å². The summed E-state index contributed by atoms with van der Waals surface area (Å²) in [5, 5.41) is 2.96. The zero-order chi connectivity index (χ0) is 19.1. The van der Waals surface area contributed by atoms with Gasteiger partial charge in [0.15, 0.2) is 0 Å². The first-order chi connectivity index (χ1) is 13.1. The molecule has 1 aliphatic heterocycles. The summed E-state index contributed by atoms with van der Waals surface area (Å²) < 4.78 is 1.66. The molecule has 2 aromatic heterocycles. The quantitative estimate of drug-likeness (QED) is 0.783. The van der Waals surface area contributed by atoms with Gasteiger partial charge in [0.1, 0.15) is 0 Å². The molecule has 0 spiro atoms. The minimum absolute atomic E-state index is 0.0110. The second-order valence-electron chi connectivity index (χ2n) is 6.85. The molecule has 144 valence electrons. The predicted octanol–water partition coefficient (Wildman–Crippen LogP) is 1.47. The molecule has 7 heteroatoms. The number of piperazine rings is 1. The maximum absolute atomic E-state index is 12.3. The number of hydrogen-bond donors (Lipinski definition) is 1. The number of rotatable bonds is 6. The summed E-state index contributed by atoms with van der Waals surface area (Å²) in [5.41, 5.74) is 2.30. The fourth-order valence-corrected chi connectivity index (χ4v) is 3.21. The highest BCUT2D eigenvalue weighted by Crippen LogP contribution is 2.10. The second-order valence-corrected chi connectivity index (χ2v) is 6.85. The molecule has 0 atom stereocenters. The molecule has 2 aromatic rings. The molecular formula is C20H27N5O2. The van der Waals surface area contributed by atoms with E-state index in [1.807, 2.05) is 23.2 Å². The largest absolute Gasteiger partial charge is 0.338 e. The fourth-order valence-electron chi connectivity index (χ4n) is 3.21. The van der Waals surface area contributed by atoms with Crippen LogP contribution in [0, 0.1) is 6.92 Å². The van der Waals surface area contributed by atoms with E-state index in [1.165, 1.54) is 5.56 Å². The monoisotopic (exact) mass is 369 g/mol. The molecule has 2 amide bonds. The fraction of sp³-hybridized carbons (Fsp3) is 0.450. The van der Waals surface area contributed by atoms with Crippen LogP contribution in [0.25, 0.3) is 0 Å². The van der Waals surface area contributed by atoms with Gasteiger partial charge in [0.25, 0.3) is 0 Å². The molecule has 0 saturated carbocycles. The Morgan fingerprint density at radius 3 is 2.70 bits per heavy atom. The number of nitrogens with one attached hydrogen (secondary N) is 1. The van der Waals surface area contributed by atoms with E-state index < -0.39 is 0 Å². The van der Waals surface area contributed by atoms with Crippen LogP contribution in [-0.4, -0.2) is 58.1 Å². The van der Waals surface area contributed by atoms with Gasteiger partial charge in [0.2, 0.25) is 5.56 Å². The van der Waals surface area contributed by atoms with Crippen LogP contribution in [-0.2, 0) is 13.1 Å². The van der Waals surface area contributed by atoms with Crippen LogP contribution in [0.2, 0.25) is 0 Å². The molecule has 7 nitrogen and oxygen atoms in total. The molecule has 27 heavy (non-hydrogen) atoms. The lowest BCUT2D eigenvalue weighted by molar-refractivity contribution is 0.134. The lowest BCUT2D eigenvalue weighted by Crippen LogP contribution is -2.51. The van der Waals surface area contributed by atoms with Crippen molar-refractivity contribution in [1.82, 2.24) is 24.7 Å². The summed E-state index contributed by atoms with van der Waals surface area (Å²) in [4.78, 5) is 32.6. The van der Waals surface area contributed by atoms with Crippen LogP contribution in [0.3, 0.4) is 0 Å². The van der Waals surface area contributed by atoms with Crippen LogP contribution in [0.5, 0.6) is 0 Å². The Bertz CT molecular complexity index is 812. The summed E-state index contributed by atoms with van der Waals surface area (Å²) in [6.07, 6.45) is 4.33. The average Bonchev–Trinajstić information content (AvgIpc) is 2.69. The van der Waals surface area contributed by atoms with Gasteiger partial charge in [0.05, 0.1) is 5.69 Å². The van der Waals surface area contributed by atoms with E-state index in [4.69, 9.17) is 0 Å². The first-order valence-electron chi connectivity index (χ1n) is 9.44. The first-order valence-corrected chi connectivity index (χ1v) is 9.44. The number of nitrogens with zero attached hydrogens (tertiary/aromatic N) is 4. The summed E-state index contributed by atoms with van der Waals surface area (Å²) in [5.74, 6) is 0. The number of amides is 2. The topological polar surface area (TPSA) is 70.5 Å². The summed E-state index contributed by atoms with van der Waals surface area (Å²) >= 11 is 0. The minimum Gasteiger partial charge on any atom is -0.338 e. The molecule has 0 aliphatic carbocycles. The van der Waals surface area contributed by atoms with Gasteiger partial charge in [-0.3, -0.25) is 14.7 Å². The first kappa shape index (κ1) is 19.1. The molecule has 3 rings (SSSR count). The smallest absolute Gasteiger partial charge is 0.317 e. The zero-order valence-corrected chi connectivity index (χ0v) is 15.8. The summed E-state index contributed by atoms with van der Waals surface area (Å²) in [6.45, 7) is 7.21.